The van der Waals surface area contributed by atoms with Gasteiger partial charge in [-0.1, -0.05) is 54.2 Å². The molecule has 2 amide bonds. The molecule has 8 nitrogen and oxygen atoms in total. The van der Waals surface area contributed by atoms with Crippen LogP contribution in [0.5, 0.6) is 0 Å². The van der Waals surface area contributed by atoms with Crippen LogP contribution < -0.4 is 4.72 Å². The van der Waals surface area contributed by atoms with E-state index in [4.69, 9.17) is 4.74 Å². The molecule has 0 spiro atoms. The fourth-order valence-electron chi connectivity index (χ4n) is 8.99. The zero-order chi connectivity index (χ0) is 33.6. The largest absolute Gasteiger partial charge is 0.392 e. The Morgan fingerprint density at radius 3 is 2.50 bits per heavy atom. The highest BCUT2D eigenvalue weighted by atomic mass is 32.2. The molecule has 0 radical (unpaired) electrons. The number of hydrogen-bond donors (Lipinski definition) is 2. The number of benzene rings is 1. The molecule has 1 aromatic heterocycles. The lowest BCUT2D eigenvalue weighted by atomic mass is 9.85. The van der Waals surface area contributed by atoms with Gasteiger partial charge in [-0.05, 0) is 93.4 Å². The first-order chi connectivity index (χ1) is 23.3. The molecule has 260 valence electrons. The van der Waals surface area contributed by atoms with E-state index in [1.54, 1.807) is 0 Å². The van der Waals surface area contributed by atoms with E-state index in [1.165, 1.54) is 27.8 Å². The molecule has 2 aromatic rings. The molecule has 4 fully saturated rings. The Kier molecular flexibility index (Phi) is 9.77. The zero-order valence-corrected chi connectivity index (χ0v) is 30.0. The number of amides is 2. The molecule has 3 unspecified atom stereocenters. The predicted molar refractivity (Wildman–Crippen MR) is 196 cm³/mol. The number of aliphatic hydroxyl groups is 1. The quantitative estimate of drug-likeness (QED) is 0.248. The van der Waals surface area contributed by atoms with Gasteiger partial charge in [0.2, 0.25) is 5.91 Å². The number of aromatic nitrogens is 1. The molecule has 3 atom stereocenters. The minimum absolute atomic E-state index is 0.0201. The summed E-state index contributed by atoms with van der Waals surface area (Å²) in [6, 6.07) is 6.72. The zero-order valence-electron chi connectivity index (χ0n) is 29.1. The van der Waals surface area contributed by atoms with Crippen LogP contribution in [0.15, 0.2) is 35.9 Å². The molecule has 3 aliphatic heterocycles. The SMILES string of the molecule is C=S(NC(=O)c1ccc2c(C(CC)CC)c3n(c2c1)CC1(C(=O)N2CCC(N4CCOCC4)CC2)CC1/C(=C/CO)C/C3=C\C)C1CC1. The van der Waals surface area contributed by atoms with Crippen molar-refractivity contribution in [2.45, 2.75) is 95.9 Å². The second-order valence-corrected chi connectivity index (χ2v) is 16.4. The third-order valence-corrected chi connectivity index (χ3v) is 13.7. The first-order valence-electron chi connectivity index (χ1n) is 18.4. The molecule has 2 aliphatic carbocycles. The number of piperidine rings is 1. The Bertz CT molecular complexity index is 1640. The van der Waals surface area contributed by atoms with Crippen LogP contribution in [-0.2, 0) is 16.1 Å². The third kappa shape index (κ3) is 6.14. The second kappa shape index (κ2) is 13.9. The van der Waals surface area contributed by atoms with Crippen molar-refractivity contribution in [2.75, 3.05) is 46.0 Å². The summed E-state index contributed by atoms with van der Waals surface area (Å²) in [5.41, 5.74) is 6.13. The molecule has 48 heavy (non-hydrogen) atoms. The molecule has 9 heteroatoms. The minimum Gasteiger partial charge on any atom is -0.392 e. The average molecular weight is 675 g/mol. The Balaban J connectivity index is 1.29. The van der Waals surface area contributed by atoms with Gasteiger partial charge in [0.15, 0.2) is 0 Å². The summed E-state index contributed by atoms with van der Waals surface area (Å²) in [5, 5.41) is 11.8. The van der Waals surface area contributed by atoms with E-state index in [1.807, 2.05) is 12.1 Å². The topological polar surface area (TPSA) is 87.0 Å². The van der Waals surface area contributed by atoms with E-state index in [2.05, 4.69) is 63.9 Å². The molecular formula is C39H54N4O4S. The number of likely N-dealkylation sites (tertiary alicyclic amines) is 1. The Morgan fingerprint density at radius 2 is 1.85 bits per heavy atom. The third-order valence-electron chi connectivity index (χ3n) is 12.0. The van der Waals surface area contributed by atoms with Crippen molar-refractivity contribution in [1.29, 1.82) is 0 Å². The van der Waals surface area contributed by atoms with E-state index in [0.29, 0.717) is 29.3 Å². The van der Waals surface area contributed by atoms with Gasteiger partial charge < -0.3 is 24.0 Å². The number of ether oxygens (including phenoxy) is 1. The van der Waals surface area contributed by atoms with E-state index in [9.17, 15) is 14.7 Å². The first kappa shape index (κ1) is 33.8. The van der Waals surface area contributed by atoms with Gasteiger partial charge in [0.05, 0.1) is 25.2 Å². The lowest BCUT2D eigenvalue weighted by Crippen LogP contribution is -2.51. The maximum atomic E-state index is 14.8. The normalized spacial score (nSPS) is 27.5. The van der Waals surface area contributed by atoms with Crippen molar-refractivity contribution in [1.82, 2.24) is 19.1 Å². The van der Waals surface area contributed by atoms with Crippen LogP contribution in [0, 0.1) is 11.3 Å². The lowest BCUT2D eigenvalue weighted by Gasteiger charge is -2.41. The van der Waals surface area contributed by atoms with Gasteiger partial charge in [-0.3, -0.25) is 14.5 Å². The van der Waals surface area contributed by atoms with Crippen molar-refractivity contribution in [3.8, 4) is 0 Å². The molecular weight excluding hydrogens is 621 g/mol. The lowest BCUT2D eigenvalue weighted by molar-refractivity contribution is -0.140. The summed E-state index contributed by atoms with van der Waals surface area (Å²) in [7, 11) is -0.371. The van der Waals surface area contributed by atoms with Crippen LogP contribution in [0.2, 0.25) is 0 Å². The maximum absolute atomic E-state index is 14.8. The summed E-state index contributed by atoms with van der Waals surface area (Å²) in [6.07, 6.45) is 12.0. The van der Waals surface area contributed by atoms with E-state index in [-0.39, 0.29) is 35.0 Å². The molecule has 0 bridgehead atoms. The highest BCUT2D eigenvalue weighted by molar-refractivity contribution is 8.13. The number of nitrogens with zero attached hydrogens (tertiary/aromatic N) is 3. The van der Waals surface area contributed by atoms with E-state index in [0.717, 1.165) is 96.3 Å². The van der Waals surface area contributed by atoms with Crippen molar-refractivity contribution in [2.24, 2.45) is 11.3 Å². The van der Waals surface area contributed by atoms with E-state index >= 15 is 0 Å². The van der Waals surface area contributed by atoms with Crippen LogP contribution in [0.4, 0.5) is 0 Å². The molecule has 2 N–H and O–H groups in total. The van der Waals surface area contributed by atoms with Gasteiger partial charge in [-0.25, -0.2) is 0 Å². The number of carbonyl (C=O) groups excluding carboxylic acids is 2. The number of carbonyl (C=O) groups is 2. The Morgan fingerprint density at radius 1 is 1.12 bits per heavy atom. The van der Waals surface area contributed by atoms with Crippen molar-refractivity contribution < 1.29 is 19.4 Å². The number of aliphatic hydroxyl groups excluding tert-OH is 1. The molecule has 4 heterocycles. The number of rotatable bonds is 9. The van der Waals surface area contributed by atoms with Crippen LogP contribution in [0.25, 0.3) is 16.5 Å². The molecule has 5 aliphatic rings. The summed E-state index contributed by atoms with van der Waals surface area (Å²) in [6.45, 7) is 12.3. The molecule has 2 saturated carbocycles. The van der Waals surface area contributed by atoms with Crippen LogP contribution in [0.1, 0.15) is 99.7 Å². The fourth-order valence-corrected chi connectivity index (χ4v) is 10.2. The first-order valence-corrected chi connectivity index (χ1v) is 19.9. The van der Waals surface area contributed by atoms with Crippen LogP contribution in [-0.4, -0.2) is 94.4 Å². The smallest absolute Gasteiger partial charge is 0.260 e. The number of nitrogens with one attached hydrogen (secondary N) is 1. The fraction of sp³-hybridized carbons (Fsp3) is 0.615. The Hall–Kier alpha value is -2.72. The number of hydrogen-bond acceptors (Lipinski definition) is 5. The number of fused-ring (bicyclic) bond motifs is 4. The summed E-state index contributed by atoms with van der Waals surface area (Å²) in [4.78, 5) is 33.1. The van der Waals surface area contributed by atoms with Crippen LogP contribution >= 0.6 is 10.7 Å². The standard InChI is InChI=1S/C39H54N4O4S/c1-5-26(6-2)35-32-11-8-29(37(45)40-48(4)31-9-10-31)23-34(32)43-25-39(24-33(39)28(14-19-44)22-27(7-3)36(35)43)38(46)42-15-12-30(13-16-42)41-17-20-47-21-18-41/h7-8,11,14,23,26,30-31,33,44H,4-6,9-10,12-13,15-22,24-25H2,1-3H3,(H,40,45)/b27-7+,28-14+. The highest BCUT2D eigenvalue weighted by Gasteiger charge is 2.63. The number of morpholine rings is 1. The minimum atomic E-state index is -0.554. The molecule has 1 aromatic carbocycles. The Labute approximate surface area is 288 Å². The second-order valence-electron chi connectivity index (χ2n) is 14.7. The number of allylic oxidation sites excluding steroid dienone is 3. The van der Waals surface area contributed by atoms with E-state index < -0.39 is 5.41 Å². The van der Waals surface area contributed by atoms with Crippen molar-refractivity contribution in [3.63, 3.8) is 0 Å². The van der Waals surface area contributed by atoms with Gasteiger partial charge in [0, 0.05) is 66.2 Å². The highest BCUT2D eigenvalue weighted by Crippen LogP contribution is 2.62. The predicted octanol–water partition coefficient (Wildman–Crippen LogP) is 6.11. The van der Waals surface area contributed by atoms with Gasteiger partial charge in [-0.15, -0.1) is 0 Å². The average Bonchev–Trinajstić information content (AvgIpc) is 4.05. The van der Waals surface area contributed by atoms with Crippen molar-refractivity contribution in [3.05, 3.63) is 52.7 Å². The van der Waals surface area contributed by atoms with Crippen molar-refractivity contribution >= 4 is 44.8 Å². The summed E-state index contributed by atoms with van der Waals surface area (Å²) < 4.78 is 11.2. The van der Waals surface area contributed by atoms with Gasteiger partial charge in [-0.2, -0.15) is 0 Å². The van der Waals surface area contributed by atoms with Gasteiger partial charge in [0.25, 0.3) is 5.91 Å². The van der Waals surface area contributed by atoms with Gasteiger partial charge >= 0.3 is 0 Å². The monoisotopic (exact) mass is 674 g/mol. The van der Waals surface area contributed by atoms with Gasteiger partial charge in [0.1, 0.15) is 0 Å². The van der Waals surface area contributed by atoms with Crippen LogP contribution in [0.3, 0.4) is 0 Å². The summed E-state index contributed by atoms with van der Waals surface area (Å²) in [5.74, 6) is 4.89. The molecule has 2 saturated heterocycles. The maximum Gasteiger partial charge on any atom is 0.260 e. The summed E-state index contributed by atoms with van der Waals surface area (Å²) >= 11 is 0. The molecule has 7 rings (SSSR count).